The Labute approximate surface area is 149 Å². The van der Waals surface area contributed by atoms with E-state index in [-0.39, 0.29) is 11.9 Å². The zero-order valence-corrected chi connectivity index (χ0v) is 14.5. The molecular weight excluding hydrogens is 342 g/mol. The molecule has 0 aliphatic carbocycles. The van der Waals surface area contributed by atoms with Crippen LogP contribution in [0, 0.1) is 0 Å². The van der Waals surface area contributed by atoms with Crippen molar-refractivity contribution in [2.45, 2.75) is 18.9 Å². The standard InChI is InChI=1S/C17H18ClN5O2/c1-22-9-11(8-19-22)16(24)20-13-3-2-6-23(10-13)17-21-14-7-12(18)4-5-15(14)25-17/h4-5,7-9,13H,2-3,6,10H2,1H3,(H,20,24). The maximum Gasteiger partial charge on any atom is 0.298 e. The quantitative estimate of drug-likeness (QED) is 0.778. The number of carbonyl (C=O) groups is 1. The number of nitrogens with zero attached hydrogens (tertiary/aromatic N) is 4. The van der Waals surface area contributed by atoms with Gasteiger partial charge in [0, 0.05) is 37.4 Å². The number of aromatic nitrogens is 3. The molecule has 1 saturated heterocycles. The van der Waals surface area contributed by atoms with Crippen LogP contribution in [0.5, 0.6) is 0 Å². The highest BCUT2D eigenvalue weighted by Crippen LogP contribution is 2.26. The zero-order valence-electron chi connectivity index (χ0n) is 13.8. The minimum absolute atomic E-state index is 0.0417. The van der Waals surface area contributed by atoms with Crippen molar-refractivity contribution in [3.05, 3.63) is 41.2 Å². The fourth-order valence-corrected chi connectivity index (χ4v) is 3.27. The van der Waals surface area contributed by atoms with Gasteiger partial charge in [0.25, 0.3) is 11.9 Å². The van der Waals surface area contributed by atoms with Gasteiger partial charge in [-0.25, -0.2) is 0 Å². The van der Waals surface area contributed by atoms with Crippen molar-refractivity contribution in [2.75, 3.05) is 18.0 Å². The molecule has 3 heterocycles. The molecule has 0 bridgehead atoms. The molecule has 1 atom stereocenters. The first-order valence-electron chi connectivity index (χ1n) is 8.19. The highest BCUT2D eigenvalue weighted by atomic mass is 35.5. The number of halogens is 1. The maximum atomic E-state index is 12.3. The van der Waals surface area contributed by atoms with Crippen molar-refractivity contribution in [3.8, 4) is 0 Å². The number of aryl methyl sites for hydroxylation is 1. The Morgan fingerprint density at radius 2 is 2.32 bits per heavy atom. The number of nitrogens with one attached hydrogen (secondary N) is 1. The molecular formula is C17H18ClN5O2. The van der Waals surface area contributed by atoms with Gasteiger partial charge in [-0.15, -0.1) is 0 Å². The van der Waals surface area contributed by atoms with E-state index in [1.807, 2.05) is 6.07 Å². The number of hydrogen-bond donors (Lipinski definition) is 1. The summed E-state index contributed by atoms with van der Waals surface area (Å²) in [4.78, 5) is 18.9. The van der Waals surface area contributed by atoms with Crippen LogP contribution in [0.1, 0.15) is 23.2 Å². The Balaban J connectivity index is 1.47. The summed E-state index contributed by atoms with van der Waals surface area (Å²) < 4.78 is 7.45. The molecule has 8 heteroatoms. The summed E-state index contributed by atoms with van der Waals surface area (Å²) in [6, 6.07) is 6.00. The predicted molar refractivity (Wildman–Crippen MR) is 94.9 cm³/mol. The Hall–Kier alpha value is -2.54. The van der Waals surface area contributed by atoms with E-state index in [9.17, 15) is 4.79 Å². The summed E-state index contributed by atoms with van der Waals surface area (Å²) in [5.41, 5.74) is 2.01. The molecule has 25 heavy (non-hydrogen) atoms. The Morgan fingerprint density at radius 3 is 3.12 bits per heavy atom. The number of amides is 1. The molecule has 4 rings (SSSR count). The van der Waals surface area contributed by atoms with Crippen molar-refractivity contribution in [1.29, 1.82) is 0 Å². The summed E-state index contributed by atoms with van der Waals surface area (Å²) in [7, 11) is 1.79. The van der Waals surface area contributed by atoms with Crippen molar-refractivity contribution >= 4 is 34.6 Å². The maximum absolute atomic E-state index is 12.3. The van der Waals surface area contributed by atoms with Gasteiger partial charge in [0.1, 0.15) is 5.52 Å². The molecule has 1 unspecified atom stereocenters. The third-order valence-electron chi connectivity index (χ3n) is 4.33. The van der Waals surface area contributed by atoms with Gasteiger partial charge in [-0.05, 0) is 31.0 Å². The molecule has 2 aromatic heterocycles. The van der Waals surface area contributed by atoms with Crippen LogP contribution < -0.4 is 10.2 Å². The number of anilines is 1. The van der Waals surface area contributed by atoms with Crippen LogP contribution in [-0.4, -0.2) is 39.8 Å². The highest BCUT2D eigenvalue weighted by molar-refractivity contribution is 6.31. The first-order valence-corrected chi connectivity index (χ1v) is 8.57. The van der Waals surface area contributed by atoms with Crippen LogP contribution in [0.15, 0.2) is 35.0 Å². The molecule has 0 radical (unpaired) electrons. The topological polar surface area (TPSA) is 76.2 Å². The first-order chi connectivity index (χ1) is 12.1. The van der Waals surface area contributed by atoms with Crippen molar-refractivity contribution in [1.82, 2.24) is 20.1 Å². The SMILES string of the molecule is Cn1cc(C(=O)NC2CCCN(c3nc4cc(Cl)ccc4o3)C2)cn1. The monoisotopic (exact) mass is 359 g/mol. The van der Waals surface area contributed by atoms with E-state index >= 15 is 0 Å². The minimum Gasteiger partial charge on any atom is -0.423 e. The fourth-order valence-electron chi connectivity index (χ4n) is 3.10. The molecule has 3 aromatic rings. The molecule has 7 nitrogen and oxygen atoms in total. The van der Waals surface area contributed by atoms with Crippen molar-refractivity contribution in [2.24, 2.45) is 7.05 Å². The number of rotatable bonds is 3. The number of benzene rings is 1. The van der Waals surface area contributed by atoms with E-state index in [0.29, 0.717) is 28.7 Å². The van der Waals surface area contributed by atoms with Crippen LogP contribution in [0.25, 0.3) is 11.1 Å². The van der Waals surface area contributed by atoms with E-state index < -0.39 is 0 Å². The van der Waals surface area contributed by atoms with Crippen molar-refractivity contribution in [3.63, 3.8) is 0 Å². The lowest BCUT2D eigenvalue weighted by atomic mass is 10.1. The summed E-state index contributed by atoms with van der Waals surface area (Å²) in [6.07, 6.45) is 5.16. The molecule has 1 amide bonds. The van der Waals surface area contributed by atoms with Crippen LogP contribution in [0.3, 0.4) is 0 Å². The molecule has 130 valence electrons. The lowest BCUT2D eigenvalue weighted by molar-refractivity contribution is 0.0932. The highest BCUT2D eigenvalue weighted by Gasteiger charge is 2.25. The van der Waals surface area contributed by atoms with Crippen LogP contribution >= 0.6 is 11.6 Å². The van der Waals surface area contributed by atoms with Gasteiger partial charge in [-0.3, -0.25) is 9.48 Å². The predicted octanol–water partition coefficient (Wildman–Crippen LogP) is 2.61. The summed E-state index contributed by atoms with van der Waals surface area (Å²) in [6.45, 7) is 1.51. The van der Waals surface area contributed by atoms with Gasteiger partial charge in [-0.2, -0.15) is 10.1 Å². The Bertz CT molecular complexity index is 919. The minimum atomic E-state index is -0.107. The molecule has 1 fully saturated rings. The summed E-state index contributed by atoms with van der Waals surface area (Å²) in [5.74, 6) is -0.107. The lowest BCUT2D eigenvalue weighted by Crippen LogP contribution is -2.47. The molecule has 1 aliphatic heterocycles. The third kappa shape index (κ3) is 3.32. The van der Waals surface area contributed by atoms with Gasteiger partial charge in [0.05, 0.1) is 11.8 Å². The van der Waals surface area contributed by atoms with Gasteiger partial charge in [0.15, 0.2) is 5.58 Å². The first kappa shape index (κ1) is 16.0. The number of oxazole rings is 1. The van der Waals surface area contributed by atoms with E-state index in [0.717, 1.165) is 24.9 Å². The Morgan fingerprint density at radius 1 is 1.44 bits per heavy atom. The van der Waals surface area contributed by atoms with Crippen molar-refractivity contribution < 1.29 is 9.21 Å². The number of piperidine rings is 1. The molecule has 0 spiro atoms. The van der Waals surface area contributed by atoms with Crippen LogP contribution in [0.4, 0.5) is 6.01 Å². The van der Waals surface area contributed by atoms with Gasteiger partial charge < -0.3 is 14.6 Å². The average molecular weight is 360 g/mol. The van der Waals surface area contributed by atoms with Gasteiger partial charge in [0.2, 0.25) is 0 Å². The normalized spacial score (nSPS) is 17.8. The second kappa shape index (κ2) is 6.40. The second-order valence-corrected chi connectivity index (χ2v) is 6.71. The molecule has 1 aromatic carbocycles. The average Bonchev–Trinajstić information content (AvgIpc) is 3.21. The van der Waals surface area contributed by atoms with E-state index in [1.165, 1.54) is 0 Å². The zero-order chi connectivity index (χ0) is 17.4. The summed E-state index contributed by atoms with van der Waals surface area (Å²) in [5, 5.41) is 7.73. The van der Waals surface area contributed by atoms with Crippen LogP contribution in [0.2, 0.25) is 5.02 Å². The van der Waals surface area contributed by atoms with E-state index in [2.05, 4.69) is 20.3 Å². The van der Waals surface area contributed by atoms with Crippen LogP contribution in [-0.2, 0) is 7.05 Å². The fraction of sp³-hybridized carbons (Fsp3) is 0.353. The van der Waals surface area contributed by atoms with Gasteiger partial charge in [-0.1, -0.05) is 11.6 Å². The molecule has 0 saturated carbocycles. The number of carbonyl (C=O) groups excluding carboxylic acids is 1. The number of fused-ring (bicyclic) bond motifs is 1. The number of hydrogen-bond acceptors (Lipinski definition) is 5. The van der Waals surface area contributed by atoms with E-state index in [4.69, 9.17) is 16.0 Å². The van der Waals surface area contributed by atoms with E-state index in [1.54, 1.807) is 36.3 Å². The molecule has 1 aliphatic rings. The Kier molecular flexibility index (Phi) is 4.09. The summed E-state index contributed by atoms with van der Waals surface area (Å²) >= 11 is 6.00. The van der Waals surface area contributed by atoms with Gasteiger partial charge >= 0.3 is 0 Å². The molecule has 1 N–H and O–H groups in total. The smallest absolute Gasteiger partial charge is 0.298 e. The third-order valence-corrected chi connectivity index (χ3v) is 4.57. The lowest BCUT2D eigenvalue weighted by Gasteiger charge is -2.31. The largest absolute Gasteiger partial charge is 0.423 e. The second-order valence-electron chi connectivity index (χ2n) is 6.27.